The minimum atomic E-state index is -2.91. The predicted octanol–water partition coefficient (Wildman–Crippen LogP) is 1.30. The molecule has 3 N–H and O–H groups in total. The molecule has 0 saturated carbocycles. The number of alkyl halides is 2. The summed E-state index contributed by atoms with van der Waals surface area (Å²) in [6.07, 6.45) is 0.766. The van der Waals surface area contributed by atoms with E-state index in [9.17, 15) is 13.6 Å². The number of carbonyl (C=O) groups excluding carboxylic acids is 1. The first-order chi connectivity index (χ1) is 9.56. The monoisotopic (exact) mass is 288 g/mol. The van der Waals surface area contributed by atoms with Crippen LogP contribution in [0.5, 0.6) is 11.5 Å². The molecule has 1 rings (SSSR count). The van der Waals surface area contributed by atoms with Crippen LogP contribution in [0, 0.1) is 0 Å². The second-order valence-corrected chi connectivity index (χ2v) is 4.00. The van der Waals surface area contributed by atoms with Crippen LogP contribution in [0.2, 0.25) is 0 Å². The van der Waals surface area contributed by atoms with Crippen LogP contribution < -0.4 is 20.5 Å². The summed E-state index contributed by atoms with van der Waals surface area (Å²) in [4.78, 5) is 11.2. The Morgan fingerprint density at radius 1 is 1.40 bits per heavy atom. The van der Waals surface area contributed by atoms with Crippen LogP contribution in [0.15, 0.2) is 18.2 Å². The van der Waals surface area contributed by atoms with Gasteiger partial charge >= 0.3 is 6.61 Å². The Bertz CT molecular complexity index is 442. The van der Waals surface area contributed by atoms with Crippen LogP contribution in [-0.2, 0) is 11.2 Å². The summed E-state index contributed by atoms with van der Waals surface area (Å²) in [5.41, 5.74) is 6.01. The molecule has 1 aromatic carbocycles. The van der Waals surface area contributed by atoms with E-state index in [0.29, 0.717) is 19.5 Å². The minimum absolute atomic E-state index is 0.0201. The second kappa shape index (κ2) is 8.31. The number of amides is 1. The van der Waals surface area contributed by atoms with Gasteiger partial charge in [-0.1, -0.05) is 6.07 Å². The largest absolute Gasteiger partial charge is 0.493 e. The van der Waals surface area contributed by atoms with Crippen molar-refractivity contribution >= 4 is 5.91 Å². The molecule has 112 valence electrons. The fraction of sp³-hybridized carbons (Fsp3) is 0.462. The summed E-state index contributed by atoms with van der Waals surface area (Å²) in [6.45, 7) is -2.22. The fourth-order valence-electron chi connectivity index (χ4n) is 1.63. The van der Waals surface area contributed by atoms with Gasteiger partial charge in [0.1, 0.15) is 0 Å². The van der Waals surface area contributed by atoms with Crippen molar-refractivity contribution in [3.8, 4) is 11.5 Å². The molecule has 5 nitrogen and oxygen atoms in total. The average molecular weight is 288 g/mol. The number of carbonyl (C=O) groups is 1. The first kappa shape index (κ1) is 16.2. The van der Waals surface area contributed by atoms with Gasteiger partial charge in [0.05, 0.1) is 7.11 Å². The van der Waals surface area contributed by atoms with E-state index in [4.69, 9.17) is 10.5 Å². The third kappa shape index (κ3) is 5.40. The van der Waals surface area contributed by atoms with Gasteiger partial charge in [-0.25, -0.2) is 0 Å². The molecular formula is C13H18F2N2O3. The molecule has 1 amide bonds. The molecule has 0 fully saturated rings. The van der Waals surface area contributed by atoms with Crippen molar-refractivity contribution in [1.29, 1.82) is 0 Å². The van der Waals surface area contributed by atoms with E-state index in [2.05, 4.69) is 10.1 Å². The van der Waals surface area contributed by atoms with Gasteiger partial charge in [0.15, 0.2) is 11.5 Å². The van der Waals surface area contributed by atoms with Gasteiger partial charge in [0, 0.05) is 19.5 Å². The van der Waals surface area contributed by atoms with Crippen molar-refractivity contribution in [2.75, 3.05) is 20.2 Å². The molecule has 0 radical (unpaired) electrons. The Hall–Kier alpha value is -1.89. The van der Waals surface area contributed by atoms with Crippen LogP contribution in [0.3, 0.4) is 0 Å². The van der Waals surface area contributed by atoms with Crippen LogP contribution in [0.4, 0.5) is 8.78 Å². The third-order valence-electron chi connectivity index (χ3n) is 2.55. The zero-order chi connectivity index (χ0) is 15.0. The number of hydrogen-bond acceptors (Lipinski definition) is 4. The van der Waals surface area contributed by atoms with Crippen molar-refractivity contribution in [3.63, 3.8) is 0 Å². The van der Waals surface area contributed by atoms with E-state index in [-0.39, 0.29) is 23.8 Å². The molecule has 0 aliphatic heterocycles. The van der Waals surface area contributed by atoms with Gasteiger partial charge in [-0.15, -0.1) is 0 Å². The van der Waals surface area contributed by atoms with Crippen molar-refractivity contribution in [3.05, 3.63) is 23.8 Å². The van der Waals surface area contributed by atoms with Crippen molar-refractivity contribution < 1.29 is 23.0 Å². The predicted molar refractivity (Wildman–Crippen MR) is 70.0 cm³/mol. The number of hydrogen-bond donors (Lipinski definition) is 2. The minimum Gasteiger partial charge on any atom is -0.493 e. The zero-order valence-electron chi connectivity index (χ0n) is 11.2. The average Bonchev–Trinajstić information content (AvgIpc) is 2.38. The number of halogens is 2. The summed E-state index contributed by atoms with van der Waals surface area (Å²) in [5.74, 6) is 0.0829. The van der Waals surface area contributed by atoms with Gasteiger partial charge < -0.3 is 20.5 Å². The zero-order valence-corrected chi connectivity index (χ0v) is 11.2. The Morgan fingerprint density at radius 2 is 2.15 bits per heavy atom. The number of ether oxygens (including phenoxy) is 2. The Labute approximate surface area is 116 Å². The number of nitrogens with one attached hydrogen (secondary N) is 1. The maximum absolute atomic E-state index is 12.3. The molecule has 7 heteroatoms. The summed E-state index contributed by atoms with van der Waals surface area (Å²) in [6, 6.07) is 4.75. The smallest absolute Gasteiger partial charge is 0.387 e. The maximum atomic E-state index is 12.3. The van der Waals surface area contributed by atoms with Crippen LogP contribution in [0.1, 0.15) is 12.0 Å². The SMILES string of the molecule is COc1ccc(CCNC(=O)CCN)cc1OC(F)F. The molecule has 0 bridgehead atoms. The fourth-order valence-corrected chi connectivity index (χ4v) is 1.63. The molecule has 1 aromatic rings. The van der Waals surface area contributed by atoms with E-state index in [1.54, 1.807) is 12.1 Å². The molecule has 0 aromatic heterocycles. The van der Waals surface area contributed by atoms with Crippen LogP contribution in [0.25, 0.3) is 0 Å². The van der Waals surface area contributed by atoms with E-state index >= 15 is 0 Å². The highest BCUT2D eigenvalue weighted by Crippen LogP contribution is 2.29. The van der Waals surface area contributed by atoms with Crippen molar-refractivity contribution in [2.24, 2.45) is 5.73 Å². The molecular weight excluding hydrogens is 270 g/mol. The Kier molecular flexibility index (Phi) is 6.72. The molecule has 0 aliphatic rings. The summed E-state index contributed by atoms with van der Waals surface area (Å²) in [5, 5.41) is 2.68. The van der Waals surface area contributed by atoms with E-state index in [1.165, 1.54) is 13.2 Å². The molecule has 0 atom stereocenters. The van der Waals surface area contributed by atoms with Crippen molar-refractivity contribution in [1.82, 2.24) is 5.32 Å². The Balaban J connectivity index is 2.60. The quantitative estimate of drug-likeness (QED) is 0.756. The highest BCUT2D eigenvalue weighted by atomic mass is 19.3. The third-order valence-corrected chi connectivity index (χ3v) is 2.55. The first-order valence-corrected chi connectivity index (χ1v) is 6.15. The highest BCUT2D eigenvalue weighted by Gasteiger charge is 2.11. The molecule has 0 aliphatic carbocycles. The standard InChI is InChI=1S/C13H18F2N2O3/c1-19-10-3-2-9(8-11(10)20-13(14)15)5-7-17-12(18)4-6-16/h2-3,8,13H,4-7,16H2,1H3,(H,17,18). The lowest BCUT2D eigenvalue weighted by Crippen LogP contribution is -2.27. The summed E-state index contributed by atoms with van der Waals surface area (Å²) in [7, 11) is 1.38. The number of benzene rings is 1. The van der Waals surface area contributed by atoms with Crippen molar-refractivity contribution in [2.45, 2.75) is 19.5 Å². The van der Waals surface area contributed by atoms with Gasteiger partial charge in [-0.3, -0.25) is 4.79 Å². The second-order valence-electron chi connectivity index (χ2n) is 4.00. The molecule has 20 heavy (non-hydrogen) atoms. The summed E-state index contributed by atoms with van der Waals surface area (Å²) < 4.78 is 33.8. The van der Waals surface area contributed by atoms with Gasteiger partial charge in [0.25, 0.3) is 0 Å². The highest BCUT2D eigenvalue weighted by molar-refractivity contribution is 5.76. The maximum Gasteiger partial charge on any atom is 0.387 e. The van der Waals surface area contributed by atoms with Crippen LogP contribution in [-0.4, -0.2) is 32.7 Å². The van der Waals surface area contributed by atoms with E-state index in [1.807, 2.05) is 0 Å². The lowest BCUT2D eigenvalue weighted by Gasteiger charge is -2.11. The summed E-state index contributed by atoms with van der Waals surface area (Å²) >= 11 is 0. The number of methoxy groups -OCH3 is 1. The lowest BCUT2D eigenvalue weighted by atomic mass is 10.1. The van der Waals surface area contributed by atoms with E-state index in [0.717, 1.165) is 5.56 Å². The Morgan fingerprint density at radius 3 is 2.75 bits per heavy atom. The molecule has 0 heterocycles. The topological polar surface area (TPSA) is 73.6 Å². The first-order valence-electron chi connectivity index (χ1n) is 6.15. The lowest BCUT2D eigenvalue weighted by molar-refractivity contribution is -0.120. The number of rotatable bonds is 8. The van der Waals surface area contributed by atoms with Gasteiger partial charge in [-0.05, 0) is 24.1 Å². The number of nitrogens with two attached hydrogens (primary N) is 1. The normalized spacial score (nSPS) is 10.4. The molecule has 0 unspecified atom stereocenters. The van der Waals surface area contributed by atoms with E-state index < -0.39 is 6.61 Å². The van der Waals surface area contributed by atoms with Crippen LogP contribution >= 0.6 is 0 Å². The van der Waals surface area contributed by atoms with Gasteiger partial charge in [0.2, 0.25) is 5.91 Å². The molecule has 0 spiro atoms. The molecule has 0 saturated heterocycles. The van der Waals surface area contributed by atoms with Gasteiger partial charge in [-0.2, -0.15) is 8.78 Å².